The predicted octanol–water partition coefficient (Wildman–Crippen LogP) is 4.36. The van der Waals surface area contributed by atoms with Crippen molar-refractivity contribution in [2.24, 2.45) is 10.8 Å². The highest BCUT2D eigenvalue weighted by atomic mass is 32.1. The monoisotopic (exact) mass is 398 g/mol. The van der Waals surface area contributed by atoms with Crippen molar-refractivity contribution in [2.75, 3.05) is 20.1 Å². The fraction of sp³-hybridized carbons (Fsp3) is 0.478. The van der Waals surface area contributed by atoms with Crippen molar-refractivity contribution in [3.05, 3.63) is 47.3 Å². The summed E-state index contributed by atoms with van der Waals surface area (Å²) in [6, 6.07) is 12.6. The van der Waals surface area contributed by atoms with Crippen LogP contribution in [0, 0.1) is 10.8 Å². The van der Waals surface area contributed by atoms with E-state index >= 15 is 0 Å². The number of hydrogen-bond donors (Lipinski definition) is 1. The maximum Gasteiger partial charge on any atom is 0.228 e. The van der Waals surface area contributed by atoms with Gasteiger partial charge in [0, 0.05) is 31.4 Å². The average molecular weight is 399 g/mol. The number of nitrogens with zero attached hydrogens (tertiary/aromatic N) is 1. The molecule has 1 N–H and O–H groups in total. The van der Waals surface area contributed by atoms with Crippen LogP contribution in [0.2, 0.25) is 0 Å². The van der Waals surface area contributed by atoms with Gasteiger partial charge in [-0.1, -0.05) is 51.1 Å². The van der Waals surface area contributed by atoms with Gasteiger partial charge in [0.05, 0.1) is 5.41 Å². The molecule has 28 heavy (non-hydrogen) atoms. The molecular formula is C23H30N2O2S. The minimum Gasteiger partial charge on any atom is -0.359 e. The van der Waals surface area contributed by atoms with Gasteiger partial charge in [-0.3, -0.25) is 9.59 Å². The molecule has 1 unspecified atom stereocenters. The molecule has 0 aliphatic carbocycles. The fourth-order valence-electron chi connectivity index (χ4n) is 3.99. The number of rotatable bonds is 5. The Bertz CT molecular complexity index is 839. The lowest BCUT2D eigenvalue weighted by Crippen LogP contribution is -2.44. The van der Waals surface area contributed by atoms with E-state index in [2.05, 4.69) is 61.8 Å². The molecule has 1 saturated heterocycles. The standard InChI is InChI=1S/C23H30N2O2S/c1-22(2,3)15-20(26)25-11-10-23(16-25,21(27)24-4)14-17-7-5-8-18(13-17)19-9-6-12-28-19/h5-9,12-13H,10-11,14-16H2,1-4H3,(H,24,27). The zero-order valence-electron chi connectivity index (χ0n) is 17.2. The Hall–Kier alpha value is -2.14. The molecular weight excluding hydrogens is 368 g/mol. The van der Waals surface area contributed by atoms with E-state index in [-0.39, 0.29) is 17.2 Å². The third kappa shape index (κ3) is 4.64. The maximum atomic E-state index is 12.9. The van der Waals surface area contributed by atoms with Crippen molar-refractivity contribution in [1.29, 1.82) is 0 Å². The summed E-state index contributed by atoms with van der Waals surface area (Å²) in [5, 5.41) is 4.92. The van der Waals surface area contributed by atoms with Gasteiger partial charge in [0.15, 0.2) is 0 Å². The zero-order valence-corrected chi connectivity index (χ0v) is 18.1. The Morgan fingerprint density at radius 1 is 1.21 bits per heavy atom. The lowest BCUT2D eigenvalue weighted by atomic mass is 9.79. The molecule has 5 heteroatoms. The molecule has 1 fully saturated rings. The normalized spacial score (nSPS) is 19.6. The molecule has 1 aromatic heterocycles. The predicted molar refractivity (Wildman–Crippen MR) is 115 cm³/mol. The minimum absolute atomic E-state index is 0.0279. The van der Waals surface area contributed by atoms with Gasteiger partial charge >= 0.3 is 0 Å². The van der Waals surface area contributed by atoms with Crippen LogP contribution in [0.3, 0.4) is 0 Å². The number of carbonyl (C=O) groups excluding carboxylic acids is 2. The van der Waals surface area contributed by atoms with E-state index in [0.29, 0.717) is 32.4 Å². The van der Waals surface area contributed by atoms with E-state index in [4.69, 9.17) is 0 Å². The van der Waals surface area contributed by atoms with Crippen molar-refractivity contribution < 1.29 is 9.59 Å². The molecule has 1 atom stereocenters. The van der Waals surface area contributed by atoms with Crippen LogP contribution in [0.25, 0.3) is 10.4 Å². The third-order valence-corrected chi connectivity index (χ3v) is 6.29. The first kappa shape index (κ1) is 20.6. The summed E-state index contributed by atoms with van der Waals surface area (Å²) in [4.78, 5) is 28.7. The Morgan fingerprint density at radius 2 is 2.00 bits per heavy atom. The molecule has 0 radical (unpaired) electrons. The van der Waals surface area contributed by atoms with Crippen molar-refractivity contribution in [1.82, 2.24) is 10.2 Å². The van der Waals surface area contributed by atoms with Crippen LogP contribution < -0.4 is 5.32 Å². The van der Waals surface area contributed by atoms with Gasteiger partial charge in [0.25, 0.3) is 0 Å². The van der Waals surface area contributed by atoms with Crippen LogP contribution in [0.15, 0.2) is 41.8 Å². The highest BCUT2D eigenvalue weighted by Gasteiger charge is 2.45. The smallest absolute Gasteiger partial charge is 0.228 e. The first-order valence-electron chi connectivity index (χ1n) is 9.85. The number of amides is 2. The second kappa shape index (κ2) is 8.08. The Kier molecular flexibility index (Phi) is 5.94. The summed E-state index contributed by atoms with van der Waals surface area (Å²) in [6.45, 7) is 7.35. The molecule has 3 rings (SSSR count). The van der Waals surface area contributed by atoms with Crippen molar-refractivity contribution in [2.45, 2.75) is 40.0 Å². The van der Waals surface area contributed by atoms with E-state index < -0.39 is 5.41 Å². The topological polar surface area (TPSA) is 49.4 Å². The molecule has 1 aliphatic rings. The maximum absolute atomic E-state index is 12.9. The van der Waals surface area contributed by atoms with Crippen LogP contribution in [0.4, 0.5) is 0 Å². The molecule has 0 bridgehead atoms. The quantitative estimate of drug-likeness (QED) is 0.814. The van der Waals surface area contributed by atoms with Gasteiger partial charge in [-0.2, -0.15) is 0 Å². The van der Waals surface area contributed by atoms with E-state index in [9.17, 15) is 9.59 Å². The van der Waals surface area contributed by atoms with Gasteiger partial charge in [0.1, 0.15) is 0 Å². The van der Waals surface area contributed by atoms with Crippen molar-refractivity contribution >= 4 is 23.2 Å². The highest BCUT2D eigenvalue weighted by molar-refractivity contribution is 7.13. The zero-order chi connectivity index (χ0) is 20.4. The molecule has 0 saturated carbocycles. The van der Waals surface area contributed by atoms with Crippen molar-refractivity contribution in [3.8, 4) is 10.4 Å². The van der Waals surface area contributed by atoms with Gasteiger partial charge in [0.2, 0.25) is 11.8 Å². The number of likely N-dealkylation sites (tertiary alicyclic amines) is 1. The van der Waals surface area contributed by atoms with Crippen LogP contribution in [-0.2, 0) is 16.0 Å². The summed E-state index contributed by atoms with van der Waals surface area (Å²) < 4.78 is 0. The second-order valence-electron chi connectivity index (χ2n) is 9.02. The lowest BCUT2D eigenvalue weighted by Gasteiger charge is -2.29. The molecule has 0 spiro atoms. The third-order valence-electron chi connectivity index (χ3n) is 5.37. The molecule has 4 nitrogen and oxygen atoms in total. The van der Waals surface area contributed by atoms with Crippen LogP contribution in [0.5, 0.6) is 0 Å². The first-order chi connectivity index (χ1) is 13.2. The molecule has 2 heterocycles. The van der Waals surface area contributed by atoms with Crippen LogP contribution in [-0.4, -0.2) is 36.9 Å². The fourth-order valence-corrected chi connectivity index (χ4v) is 4.72. The highest BCUT2D eigenvalue weighted by Crippen LogP contribution is 2.37. The van der Waals surface area contributed by atoms with E-state index in [1.54, 1.807) is 18.4 Å². The number of benzene rings is 1. The average Bonchev–Trinajstić information content (AvgIpc) is 3.30. The van der Waals surface area contributed by atoms with Gasteiger partial charge in [-0.05, 0) is 40.8 Å². The number of thiophene rings is 1. The van der Waals surface area contributed by atoms with Crippen molar-refractivity contribution in [3.63, 3.8) is 0 Å². The molecule has 150 valence electrons. The molecule has 2 amide bonds. The van der Waals surface area contributed by atoms with Crippen LogP contribution >= 0.6 is 11.3 Å². The number of nitrogens with one attached hydrogen (secondary N) is 1. The van der Waals surface area contributed by atoms with Gasteiger partial charge in [-0.25, -0.2) is 0 Å². The largest absolute Gasteiger partial charge is 0.359 e. The lowest BCUT2D eigenvalue weighted by molar-refractivity contribution is -0.134. The molecule has 1 aliphatic heterocycles. The van der Waals surface area contributed by atoms with E-state index in [1.165, 1.54) is 10.4 Å². The van der Waals surface area contributed by atoms with E-state index in [1.807, 2.05) is 11.0 Å². The van der Waals surface area contributed by atoms with Gasteiger partial charge in [-0.15, -0.1) is 11.3 Å². The van der Waals surface area contributed by atoms with E-state index in [0.717, 1.165) is 5.56 Å². The Labute approximate surface area is 172 Å². The Morgan fingerprint density at radius 3 is 2.64 bits per heavy atom. The SMILES string of the molecule is CNC(=O)C1(Cc2cccc(-c3cccs3)c2)CCN(C(=O)CC(C)(C)C)C1. The molecule has 1 aromatic carbocycles. The number of carbonyl (C=O) groups is 2. The minimum atomic E-state index is -0.559. The summed E-state index contributed by atoms with van der Waals surface area (Å²) in [7, 11) is 1.69. The first-order valence-corrected chi connectivity index (χ1v) is 10.7. The summed E-state index contributed by atoms with van der Waals surface area (Å²) in [5.74, 6) is 0.172. The summed E-state index contributed by atoms with van der Waals surface area (Å²) in [5.41, 5.74) is 1.71. The van der Waals surface area contributed by atoms with Gasteiger partial charge < -0.3 is 10.2 Å². The Balaban J connectivity index is 1.81. The summed E-state index contributed by atoms with van der Waals surface area (Å²) >= 11 is 1.71. The summed E-state index contributed by atoms with van der Waals surface area (Å²) in [6.07, 6.45) is 1.85. The van der Waals surface area contributed by atoms with Crippen LogP contribution in [0.1, 0.15) is 39.2 Å². The second-order valence-corrected chi connectivity index (χ2v) is 9.96. The molecule has 2 aromatic rings. The number of hydrogen-bond acceptors (Lipinski definition) is 3.